The average Bonchev–Trinajstić information content (AvgIpc) is 3.72. The van der Waals surface area contributed by atoms with Gasteiger partial charge in [-0.05, 0) is 84.9 Å². The van der Waals surface area contributed by atoms with Crippen LogP contribution in [0.5, 0.6) is 0 Å². The normalized spacial score (nSPS) is 14.4. The molecular formula is C51H31N3O. The highest BCUT2D eigenvalue weighted by Gasteiger charge is 2.22. The molecule has 55 heavy (non-hydrogen) atoms. The Hall–Kier alpha value is -7.43. The van der Waals surface area contributed by atoms with Crippen molar-refractivity contribution in [2.24, 2.45) is 0 Å². The van der Waals surface area contributed by atoms with E-state index >= 15 is 0 Å². The van der Waals surface area contributed by atoms with Crippen LogP contribution in [-0.2, 0) is 0 Å². The van der Waals surface area contributed by atoms with Gasteiger partial charge in [-0.25, -0.2) is 15.0 Å². The predicted octanol–water partition coefficient (Wildman–Crippen LogP) is 13.6. The number of para-hydroxylation sites is 1. The SMILES string of the molecule is [2H]c1cc2c(oc3c([2H])cc(-c4ccc5ccccc5c4)c(-c4nc(-c5ccc(-c6c([2H])c([2H])c([2H])c7c([2H])c([2H])c([2H])c([2H])c67)cc5)nc(-c5ccc6ccccc6c5)n4)c32)c([2H])c1[2H]. The maximum atomic E-state index is 9.27. The summed E-state index contributed by atoms with van der Waals surface area (Å²) in [5.74, 6) is 0.726. The topological polar surface area (TPSA) is 51.8 Å². The fourth-order valence-corrected chi connectivity index (χ4v) is 7.28. The minimum absolute atomic E-state index is 0.0191. The summed E-state index contributed by atoms with van der Waals surface area (Å²) in [6.07, 6.45) is 0. The largest absolute Gasteiger partial charge is 0.456 e. The maximum Gasteiger partial charge on any atom is 0.165 e. The minimum Gasteiger partial charge on any atom is -0.456 e. The van der Waals surface area contributed by atoms with E-state index in [9.17, 15) is 1.37 Å². The Kier molecular flexibility index (Phi) is 5.03. The highest BCUT2D eigenvalue weighted by atomic mass is 16.3. The van der Waals surface area contributed by atoms with Crippen LogP contribution in [0.4, 0.5) is 0 Å². The van der Waals surface area contributed by atoms with Gasteiger partial charge in [0.05, 0.1) is 15.1 Å². The molecule has 0 atom stereocenters. The Morgan fingerprint density at radius 1 is 0.382 bits per heavy atom. The molecule has 0 aliphatic heterocycles. The van der Waals surface area contributed by atoms with E-state index in [1.807, 2.05) is 84.9 Å². The van der Waals surface area contributed by atoms with Crippen molar-refractivity contribution in [1.82, 2.24) is 15.0 Å². The zero-order valence-electron chi connectivity index (χ0n) is 39.8. The number of hydrogen-bond acceptors (Lipinski definition) is 4. The third kappa shape index (κ3) is 5.34. The van der Waals surface area contributed by atoms with Gasteiger partial charge >= 0.3 is 0 Å². The smallest absolute Gasteiger partial charge is 0.165 e. The Balaban J connectivity index is 1.20. The van der Waals surface area contributed by atoms with Gasteiger partial charge < -0.3 is 4.42 Å². The van der Waals surface area contributed by atoms with E-state index in [0.717, 1.165) is 27.1 Å². The van der Waals surface area contributed by atoms with Crippen LogP contribution in [0, 0.1) is 0 Å². The Morgan fingerprint density at radius 3 is 1.80 bits per heavy atom. The van der Waals surface area contributed by atoms with Gasteiger partial charge in [0, 0.05) is 27.5 Å². The number of hydrogen-bond donors (Lipinski definition) is 0. The fraction of sp³-hybridized carbons (Fsp3) is 0. The van der Waals surface area contributed by atoms with E-state index in [1.165, 1.54) is 6.07 Å². The van der Waals surface area contributed by atoms with Gasteiger partial charge in [-0.1, -0.05) is 158 Å². The number of furan rings is 1. The quantitative estimate of drug-likeness (QED) is 0.178. The van der Waals surface area contributed by atoms with Gasteiger partial charge in [0.1, 0.15) is 11.2 Å². The van der Waals surface area contributed by atoms with Crippen LogP contribution in [0.3, 0.4) is 0 Å². The summed E-state index contributed by atoms with van der Waals surface area (Å²) in [5, 5.41) is 4.49. The fourth-order valence-electron chi connectivity index (χ4n) is 7.28. The molecule has 0 unspecified atom stereocenters. The molecule has 2 heterocycles. The first kappa shape index (κ1) is 21.9. The van der Waals surface area contributed by atoms with Crippen LogP contribution in [0.25, 0.3) is 111 Å². The van der Waals surface area contributed by atoms with Gasteiger partial charge in [0.15, 0.2) is 17.5 Å². The third-order valence-electron chi connectivity index (χ3n) is 9.95. The zero-order chi connectivity index (χ0) is 45.9. The summed E-state index contributed by atoms with van der Waals surface area (Å²) in [7, 11) is 0. The Bertz CT molecular complexity index is 3900. The lowest BCUT2D eigenvalue weighted by Gasteiger charge is -2.14. The van der Waals surface area contributed by atoms with E-state index in [0.29, 0.717) is 44.4 Å². The molecule has 0 aliphatic rings. The summed E-state index contributed by atoms with van der Waals surface area (Å²) < 4.78 is 102. The molecule has 0 saturated carbocycles. The molecule has 0 N–H and O–H groups in total. The summed E-state index contributed by atoms with van der Waals surface area (Å²) in [6, 6.07) is 33.5. The van der Waals surface area contributed by atoms with Crippen molar-refractivity contribution in [3.8, 4) is 56.4 Å². The lowest BCUT2D eigenvalue weighted by atomic mass is 9.93. The van der Waals surface area contributed by atoms with Crippen LogP contribution in [0.1, 0.15) is 15.1 Å². The van der Waals surface area contributed by atoms with Gasteiger partial charge in [-0.3, -0.25) is 0 Å². The summed E-state index contributed by atoms with van der Waals surface area (Å²) >= 11 is 0. The van der Waals surface area contributed by atoms with Crippen LogP contribution in [-0.4, -0.2) is 15.0 Å². The van der Waals surface area contributed by atoms with E-state index < -0.39 is 36.3 Å². The van der Waals surface area contributed by atoms with E-state index in [2.05, 4.69) is 0 Å². The minimum atomic E-state index is -0.532. The monoisotopic (exact) mass is 712 g/mol. The molecule has 11 aromatic rings. The van der Waals surface area contributed by atoms with Crippen molar-refractivity contribution >= 4 is 54.3 Å². The molecule has 0 radical (unpaired) electrons. The standard InChI is InChI=1S/C51H31N3O/c1-3-13-37-30-39(26-20-32(37)10-1)43-28-29-46-47(44-17-7-8-19-45(44)55-46)48(43)51-53-49(52-50(54-51)40-27-21-33-11-2-4-14-38(33)31-40)36-24-22-35(23-25-36)42-18-9-15-34-12-5-6-16-41(34)42/h1-31H/i5D,6D,7D,8D,9D,12D,15D,16D,18D,19D,29D. The summed E-state index contributed by atoms with van der Waals surface area (Å²) in [6.45, 7) is 0. The molecule has 0 bridgehead atoms. The Labute approximate surface area is 332 Å². The molecule has 0 spiro atoms. The van der Waals surface area contributed by atoms with E-state index in [-0.39, 0.29) is 69.4 Å². The predicted molar refractivity (Wildman–Crippen MR) is 227 cm³/mol. The van der Waals surface area contributed by atoms with Crippen molar-refractivity contribution in [1.29, 1.82) is 0 Å². The van der Waals surface area contributed by atoms with Crippen molar-refractivity contribution < 1.29 is 19.5 Å². The summed E-state index contributed by atoms with van der Waals surface area (Å²) in [5.41, 5.74) is 3.59. The number of fused-ring (bicyclic) bond motifs is 6. The maximum absolute atomic E-state index is 9.27. The first-order chi connectivity index (χ1) is 31.8. The molecule has 2 aromatic heterocycles. The highest BCUT2D eigenvalue weighted by molar-refractivity contribution is 6.15. The van der Waals surface area contributed by atoms with Crippen LogP contribution < -0.4 is 0 Å². The lowest BCUT2D eigenvalue weighted by molar-refractivity contribution is 0.669. The first-order valence-electron chi connectivity index (χ1n) is 23.1. The van der Waals surface area contributed by atoms with E-state index in [4.69, 9.17) is 33.1 Å². The molecule has 9 aromatic carbocycles. The second kappa shape index (κ2) is 12.6. The molecule has 0 amide bonds. The first-order valence-corrected chi connectivity index (χ1v) is 17.6. The molecule has 11 rings (SSSR count). The third-order valence-corrected chi connectivity index (χ3v) is 9.95. The number of nitrogens with zero attached hydrogens (tertiary/aromatic N) is 3. The molecular weight excluding hydrogens is 671 g/mol. The zero-order valence-corrected chi connectivity index (χ0v) is 28.8. The molecule has 4 heteroatoms. The van der Waals surface area contributed by atoms with E-state index in [1.54, 1.807) is 30.3 Å². The number of benzene rings is 9. The van der Waals surface area contributed by atoms with Crippen molar-refractivity contribution in [2.45, 2.75) is 0 Å². The van der Waals surface area contributed by atoms with Crippen LogP contribution >= 0.6 is 0 Å². The molecule has 256 valence electrons. The molecule has 4 nitrogen and oxygen atoms in total. The second-order valence-corrected chi connectivity index (χ2v) is 13.2. The van der Waals surface area contributed by atoms with Gasteiger partial charge in [0.2, 0.25) is 0 Å². The molecule has 0 aliphatic carbocycles. The van der Waals surface area contributed by atoms with Gasteiger partial charge in [-0.15, -0.1) is 0 Å². The average molecular weight is 713 g/mol. The Morgan fingerprint density at radius 2 is 1.00 bits per heavy atom. The van der Waals surface area contributed by atoms with Crippen LogP contribution in [0.15, 0.2) is 192 Å². The molecule has 0 saturated heterocycles. The van der Waals surface area contributed by atoms with Gasteiger partial charge in [0.25, 0.3) is 0 Å². The number of rotatable bonds is 5. The van der Waals surface area contributed by atoms with Crippen LogP contribution in [0.2, 0.25) is 0 Å². The second-order valence-electron chi connectivity index (χ2n) is 13.2. The summed E-state index contributed by atoms with van der Waals surface area (Å²) in [4.78, 5) is 15.3. The molecule has 0 fully saturated rings. The van der Waals surface area contributed by atoms with Gasteiger partial charge in [-0.2, -0.15) is 0 Å². The highest BCUT2D eigenvalue weighted by Crippen LogP contribution is 2.43. The van der Waals surface area contributed by atoms with Crippen molar-refractivity contribution in [3.05, 3.63) is 188 Å². The van der Waals surface area contributed by atoms with Crippen molar-refractivity contribution in [3.63, 3.8) is 0 Å². The van der Waals surface area contributed by atoms with Crippen molar-refractivity contribution in [2.75, 3.05) is 0 Å². The number of aromatic nitrogens is 3. The lowest BCUT2D eigenvalue weighted by Crippen LogP contribution is -2.01.